The first-order chi connectivity index (χ1) is 14.1. The highest BCUT2D eigenvalue weighted by atomic mass is 35.5. The average molecular weight is 446 g/mol. The molecule has 6 nitrogen and oxygen atoms in total. The summed E-state index contributed by atoms with van der Waals surface area (Å²) in [6, 6.07) is 4.96. The summed E-state index contributed by atoms with van der Waals surface area (Å²) >= 11 is 6.00. The molecule has 0 spiro atoms. The Labute approximate surface area is 177 Å². The zero-order valence-electron chi connectivity index (χ0n) is 16.2. The number of urea groups is 1. The summed E-state index contributed by atoms with van der Waals surface area (Å²) in [7, 11) is 0. The summed E-state index contributed by atoms with van der Waals surface area (Å²) < 4.78 is 41.6. The molecule has 4 amide bonds. The van der Waals surface area contributed by atoms with Crippen molar-refractivity contribution in [3.63, 3.8) is 0 Å². The summed E-state index contributed by atoms with van der Waals surface area (Å²) in [5.41, 5.74) is -3.17. The minimum atomic E-state index is -5.21. The molecule has 1 heterocycles. The number of carbonyl (C=O) groups is 3. The highest BCUT2D eigenvalue weighted by molar-refractivity contribution is 6.31. The number of alkyl halides is 3. The summed E-state index contributed by atoms with van der Waals surface area (Å²) in [6.45, 7) is -0.444. The minimum Gasteiger partial charge on any atom is -0.318 e. The van der Waals surface area contributed by atoms with Crippen molar-refractivity contribution in [1.82, 2.24) is 15.5 Å². The van der Waals surface area contributed by atoms with Gasteiger partial charge in [0.15, 0.2) is 0 Å². The molecule has 1 atom stereocenters. The molecule has 2 fully saturated rings. The summed E-state index contributed by atoms with van der Waals surface area (Å²) in [4.78, 5) is 37.7. The fraction of sp³-hybridized carbons (Fsp3) is 0.550. The second-order valence-electron chi connectivity index (χ2n) is 7.75. The molecular formula is C20H23ClF3N3O3. The van der Waals surface area contributed by atoms with Crippen LogP contribution in [0.2, 0.25) is 5.02 Å². The van der Waals surface area contributed by atoms with E-state index >= 15 is 0 Å². The smallest absolute Gasteiger partial charge is 0.318 e. The van der Waals surface area contributed by atoms with Crippen molar-refractivity contribution >= 4 is 29.4 Å². The van der Waals surface area contributed by atoms with Crippen LogP contribution in [-0.2, 0) is 16.1 Å². The second kappa shape index (κ2) is 8.83. The highest BCUT2D eigenvalue weighted by Crippen LogP contribution is 2.35. The Morgan fingerprint density at radius 2 is 1.87 bits per heavy atom. The van der Waals surface area contributed by atoms with E-state index in [0.29, 0.717) is 16.9 Å². The first-order valence-corrected chi connectivity index (χ1v) is 10.3. The van der Waals surface area contributed by atoms with Gasteiger partial charge in [0.1, 0.15) is 0 Å². The molecule has 1 aromatic carbocycles. The molecule has 1 saturated carbocycles. The van der Waals surface area contributed by atoms with Crippen LogP contribution in [0.3, 0.4) is 0 Å². The minimum absolute atomic E-state index is 0.143. The SMILES string of the molecule is O=C(CCC1CCCCC1)NC1(C(F)(F)F)NC(=O)N(Cc2ccccc2Cl)C1=O. The maximum atomic E-state index is 13.9. The first-order valence-electron chi connectivity index (χ1n) is 9.89. The molecular weight excluding hydrogens is 423 g/mol. The van der Waals surface area contributed by atoms with E-state index in [1.807, 2.05) is 0 Å². The van der Waals surface area contributed by atoms with E-state index in [2.05, 4.69) is 0 Å². The molecule has 1 unspecified atom stereocenters. The average Bonchev–Trinajstić information content (AvgIpc) is 2.94. The molecule has 10 heteroatoms. The van der Waals surface area contributed by atoms with Crippen LogP contribution in [-0.4, -0.2) is 34.6 Å². The molecule has 3 rings (SSSR count). The van der Waals surface area contributed by atoms with E-state index < -0.39 is 36.2 Å². The van der Waals surface area contributed by atoms with Crippen LogP contribution in [0.5, 0.6) is 0 Å². The van der Waals surface area contributed by atoms with Crippen LogP contribution in [0.1, 0.15) is 50.5 Å². The zero-order valence-corrected chi connectivity index (χ0v) is 17.0. The Morgan fingerprint density at radius 3 is 2.50 bits per heavy atom. The number of hydrogen-bond donors (Lipinski definition) is 2. The van der Waals surface area contributed by atoms with Crippen LogP contribution in [0.15, 0.2) is 24.3 Å². The van der Waals surface area contributed by atoms with Gasteiger partial charge in [0.2, 0.25) is 5.91 Å². The van der Waals surface area contributed by atoms with Gasteiger partial charge in [-0.2, -0.15) is 13.2 Å². The van der Waals surface area contributed by atoms with Crippen molar-refractivity contribution in [2.24, 2.45) is 5.92 Å². The van der Waals surface area contributed by atoms with Crippen LogP contribution >= 0.6 is 11.6 Å². The topological polar surface area (TPSA) is 78.5 Å². The third kappa shape index (κ3) is 4.55. The maximum Gasteiger partial charge on any atom is 0.440 e. The lowest BCUT2D eigenvalue weighted by Gasteiger charge is -2.30. The van der Waals surface area contributed by atoms with E-state index in [-0.39, 0.29) is 17.4 Å². The van der Waals surface area contributed by atoms with E-state index in [9.17, 15) is 27.6 Å². The zero-order chi connectivity index (χ0) is 21.9. The predicted molar refractivity (Wildman–Crippen MR) is 103 cm³/mol. The van der Waals surface area contributed by atoms with Gasteiger partial charge < -0.3 is 5.32 Å². The van der Waals surface area contributed by atoms with Crippen molar-refractivity contribution in [2.45, 2.75) is 63.3 Å². The lowest BCUT2D eigenvalue weighted by molar-refractivity contribution is -0.204. The van der Waals surface area contributed by atoms with Crippen LogP contribution < -0.4 is 10.6 Å². The molecule has 0 radical (unpaired) electrons. The standard InChI is InChI=1S/C20H23ClF3N3O3/c21-15-9-5-4-8-14(15)12-27-17(29)19(20(22,23)24,26-18(27)30)25-16(28)11-10-13-6-2-1-3-7-13/h4-5,8-9,13H,1-3,6-7,10-12H2,(H,25,28)(H,26,30). The van der Waals surface area contributed by atoms with Crippen LogP contribution in [0.4, 0.5) is 18.0 Å². The molecule has 30 heavy (non-hydrogen) atoms. The highest BCUT2D eigenvalue weighted by Gasteiger charge is 2.68. The van der Waals surface area contributed by atoms with Gasteiger partial charge in [-0.15, -0.1) is 0 Å². The Hall–Kier alpha value is -2.29. The number of imide groups is 1. The summed E-state index contributed by atoms with van der Waals surface area (Å²) in [5.74, 6) is -2.21. The van der Waals surface area contributed by atoms with Crippen molar-refractivity contribution in [3.05, 3.63) is 34.9 Å². The van der Waals surface area contributed by atoms with E-state index in [1.54, 1.807) is 22.8 Å². The van der Waals surface area contributed by atoms with Crippen molar-refractivity contribution in [1.29, 1.82) is 0 Å². The van der Waals surface area contributed by atoms with E-state index in [1.165, 1.54) is 12.1 Å². The Morgan fingerprint density at radius 1 is 1.20 bits per heavy atom. The van der Waals surface area contributed by atoms with Gasteiger partial charge in [0.05, 0.1) is 6.54 Å². The van der Waals surface area contributed by atoms with Gasteiger partial charge in [-0.3, -0.25) is 19.8 Å². The normalized spacial score (nSPS) is 22.9. The molecule has 1 aliphatic heterocycles. The molecule has 1 saturated heterocycles. The van der Waals surface area contributed by atoms with Gasteiger partial charge in [-0.1, -0.05) is 61.9 Å². The quantitative estimate of drug-likeness (QED) is 0.646. The van der Waals surface area contributed by atoms with Gasteiger partial charge in [-0.25, -0.2) is 4.79 Å². The van der Waals surface area contributed by atoms with Gasteiger partial charge >= 0.3 is 12.2 Å². The summed E-state index contributed by atoms with van der Waals surface area (Å²) in [5, 5.41) is 3.62. The van der Waals surface area contributed by atoms with Crippen molar-refractivity contribution in [2.75, 3.05) is 0 Å². The first kappa shape index (κ1) is 22.4. The molecule has 0 bridgehead atoms. The van der Waals surface area contributed by atoms with Crippen molar-refractivity contribution in [3.8, 4) is 0 Å². The number of nitrogens with zero attached hydrogens (tertiary/aromatic N) is 1. The number of halogens is 4. The molecule has 164 valence electrons. The van der Waals surface area contributed by atoms with Gasteiger partial charge in [0, 0.05) is 11.4 Å². The van der Waals surface area contributed by atoms with Crippen molar-refractivity contribution < 1.29 is 27.6 Å². The Kier molecular flexibility index (Phi) is 6.59. The Bertz CT molecular complexity index is 827. The third-order valence-electron chi connectivity index (χ3n) is 5.65. The molecule has 0 aromatic heterocycles. The molecule has 2 aliphatic rings. The molecule has 1 aliphatic carbocycles. The third-order valence-corrected chi connectivity index (χ3v) is 6.02. The van der Waals surface area contributed by atoms with E-state index in [0.717, 1.165) is 32.1 Å². The van der Waals surface area contributed by atoms with Gasteiger partial charge in [0.25, 0.3) is 11.6 Å². The number of rotatable bonds is 6. The lowest BCUT2D eigenvalue weighted by atomic mass is 9.86. The largest absolute Gasteiger partial charge is 0.440 e. The number of carbonyl (C=O) groups excluding carboxylic acids is 3. The molecule has 2 N–H and O–H groups in total. The number of hydrogen-bond acceptors (Lipinski definition) is 3. The fourth-order valence-electron chi connectivity index (χ4n) is 3.95. The van der Waals surface area contributed by atoms with Crippen LogP contribution in [0.25, 0.3) is 0 Å². The maximum absolute atomic E-state index is 13.9. The monoisotopic (exact) mass is 445 g/mol. The number of nitrogens with one attached hydrogen (secondary N) is 2. The number of benzene rings is 1. The molecule has 1 aromatic rings. The number of amides is 4. The van der Waals surface area contributed by atoms with Gasteiger partial charge in [-0.05, 0) is 24.0 Å². The van der Waals surface area contributed by atoms with Crippen LogP contribution in [0, 0.1) is 5.92 Å². The fourth-order valence-corrected chi connectivity index (χ4v) is 4.14. The lowest BCUT2D eigenvalue weighted by Crippen LogP contribution is -2.69. The predicted octanol–water partition coefficient (Wildman–Crippen LogP) is 4.13. The van der Waals surface area contributed by atoms with E-state index in [4.69, 9.17) is 11.6 Å². The summed E-state index contributed by atoms with van der Waals surface area (Å²) in [6.07, 6.45) is 0.200. The Balaban J connectivity index is 1.74. The second-order valence-corrected chi connectivity index (χ2v) is 8.16.